The van der Waals surface area contributed by atoms with E-state index in [9.17, 15) is 13.2 Å². The van der Waals surface area contributed by atoms with Crippen molar-refractivity contribution < 1.29 is 13.2 Å². The highest BCUT2D eigenvalue weighted by atomic mass is 32.2. The third-order valence-electron chi connectivity index (χ3n) is 4.56. The molecule has 0 saturated heterocycles. The van der Waals surface area contributed by atoms with Crippen LogP contribution >= 0.6 is 0 Å². The van der Waals surface area contributed by atoms with Gasteiger partial charge >= 0.3 is 0 Å². The van der Waals surface area contributed by atoms with Crippen molar-refractivity contribution >= 4 is 32.5 Å². The first-order chi connectivity index (χ1) is 13.8. The lowest BCUT2D eigenvalue weighted by atomic mass is 9.97. The Morgan fingerprint density at radius 3 is 2.34 bits per heavy atom. The molecule has 0 fully saturated rings. The number of nitrogens with zero attached hydrogens (tertiary/aromatic N) is 1. The van der Waals surface area contributed by atoms with Crippen LogP contribution in [-0.2, 0) is 10.0 Å². The number of fused-ring (bicyclic) bond motifs is 1. The van der Waals surface area contributed by atoms with Gasteiger partial charge in [0, 0.05) is 16.8 Å². The number of H-pyrrole nitrogens is 1. The van der Waals surface area contributed by atoms with Gasteiger partial charge in [-0.3, -0.25) is 9.52 Å². The third-order valence-corrected chi connectivity index (χ3v) is 5.17. The molecule has 146 valence electrons. The predicted octanol–water partition coefficient (Wildman–Crippen LogP) is 4.47. The summed E-state index contributed by atoms with van der Waals surface area (Å²) in [6, 6.07) is 20.4. The number of benzene rings is 3. The number of imidazole rings is 1. The average Bonchev–Trinajstić information content (AvgIpc) is 3.10. The van der Waals surface area contributed by atoms with Gasteiger partial charge in [-0.1, -0.05) is 30.3 Å². The molecule has 0 amide bonds. The molecule has 0 aliphatic carbocycles. The number of nitrogens with one attached hydrogen (secondary N) is 2. The molecular weight excluding hydrogens is 386 g/mol. The number of ketones is 1. The number of aromatic amines is 1. The van der Waals surface area contributed by atoms with Crippen molar-refractivity contribution in [2.24, 2.45) is 0 Å². The summed E-state index contributed by atoms with van der Waals surface area (Å²) < 4.78 is 25.1. The van der Waals surface area contributed by atoms with Gasteiger partial charge in [-0.25, -0.2) is 13.4 Å². The molecule has 4 aromatic rings. The molecule has 0 saturated carbocycles. The van der Waals surface area contributed by atoms with Crippen LogP contribution < -0.4 is 4.72 Å². The standard InChI is InChI=1S/C22H19N3O3S/c1-14(26)18-5-3-4-6-19(18)16-9-12-20-21(13-16)24-22(23-20)15-7-10-17(11-8-15)25-29(2,27)28/h3-13,25H,1-2H3,(H,23,24). The van der Waals surface area contributed by atoms with E-state index in [1.165, 1.54) is 0 Å². The zero-order chi connectivity index (χ0) is 20.6. The number of anilines is 1. The Hall–Kier alpha value is -3.45. The minimum atomic E-state index is -3.31. The van der Waals surface area contributed by atoms with Gasteiger partial charge in [0.1, 0.15) is 5.82 Å². The predicted molar refractivity (Wildman–Crippen MR) is 115 cm³/mol. The van der Waals surface area contributed by atoms with E-state index in [4.69, 9.17) is 0 Å². The van der Waals surface area contributed by atoms with Crippen LogP contribution in [0, 0.1) is 0 Å². The lowest BCUT2D eigenvalue weighted by molar-refractivity contribution is 0.101. The summed E-state index contributed by atoms with van der Waals surface area (Å²) in [6.07, 6.45) is 1.11. The Balaban J connectivity index is 1.70. The first-order valence-corrected chi connectivity index (χ1v) is 10.9. The Kier molecular flexibility index (Phi) is 4.68. The fourth-order valence-corrected chi connectivity index (χ4v) is 3.83. The second-order valence-electron chi connectivity index (χ2n) is 6.87. The Morgan fingerprint density at radius 2 is 1.66 bits per heavy atom. The second-order valence-corrected chi connectivity index (χ2v) is 8.62. The van der Waals surface area contributed by atoms with E-state index >= 15 is 0 Å². The molecule has 1 heterocycles. The maximum atomic E-state index is 11.9. The molecule has 4 rings (SSSR count). The lowest BCUT2D eigenvalue weighted by Crippen LogP contribution is -2.09. The van der Waals surface area contributed by atoms with Crippen LogP contribution in [0.15, 0.2) is 66.7 Å². The van der Waals surface area contributed by atoms with E-state index < -0.39 is 10.0 Å². The Labute approximate surface area is 168 Å². The molecule has 3 aromatic carbocycles. The molecule has 0 aliphatic heterocycles. The Morgan fingerprint density at radius 1 is 0.966 bits per heavy atom. The number of carbonyl (C=O) groups excluding carboxylic acids is 1. The minimum absolute atomic E-state index is 0.0220. The van der Waals surface area contributed by atoms with Crippen molar-refractivity contribution in [3.63, 3.8) is 0 Å². The van der Waals surface area contributed by atoms with Gasteiger partial charge in [-0.05, 0) is 54.4 Å². The van der Waals surface area contributed by atoms with Crippen molar-refractivity contribution in [1.29, 1.82) is 0 Å². The van der Waals surface area contributed by atoms with E-state index in [0.717, 1.165) is 34.0 Å². The fraction of sp³-hybridized carbons (Fsp3) is 0.0909. The van der Waals surface area contributed by atoms with Crippen LogP contribution in [0.5, 0.6) is 0 Å². The first-order valence-electron chi connectivity index (χ1n) is 8.98. The molecule has 2 N–H and O–H groups in total. The maximum Gasteiger partial charge on any atom is 0.229 e. The summed E-state index contributed by atoms with van der Waals surface area (Å²) in [4.78, 5) is 19.9. The number of carbonyl (C=O) groups is 1. The summed E-state index contributed by atoms with van der Waals surface area (Å²) in [5, 5.41) is 0. The summed E-state index contributed by atoms with van der Waals surface area (Å²) in [6.45, 7) is 1.56. The molecular formula is C22H19N3O3S. The van der Waals surface area contributed by atoms with E-state index in [2.05, 4.69) is 14.7 Å². The number of Topliss-reactive ketones (excluding diaryl/α,β-unsaturated/α-hetero) is 1. The number of hydrogen-bond donors (Lipinski definition) is 2. The van der Waals surface area contributed by atoms with Gasteiger partial charge in [-0.15, -0.1) is 0 Å². The summed E-state index contributed by atoms with van der Waals surface area (Å²) >= 11 is 0. The van der Waals surface area contributed by atoms with Gasteiger partial charge < -0.3 is 4.98 Å². The molecule has 0 unspecified atom stereocenters. The van der Waals surface area contributed by atoms with Crippen molar-refractivity contribution in [3.05, 3.63) is 72.3 Å². The number of aromatic nitrogens is 2. The van der Waals surface area contributed by atoms with E-state index in [0.29, 0.717) is 17.1 Å². The molecule has 1 aromatic heterocycles. The van der Waals surface area contributed by atoms with Crippen LogP contribution in [0.25, 0.3) is 33.5 Å². The monoisotopic (exact) mass is 405 g/mol. The van der Waals surface area contributed by atoms with Crippen molar-refractivity contribution in [2.75, 3.05) is 11.0 Å². The highest BCUT2D eigenvalue weighted by Crippen LogP contribution is 2.29. The van der Waals surface area contributed by atoms with Gasteiger partial charge in [0.15, 0.2) is 5.78 Å². The molecule has 6 nitrogen and oxygen atoms in total. The number of sulfonamides is 1. The molecule has 7 heteroatoms. The van der Waals surface area contributed by atoms with Gasteiger partial charge in [0.25, 0.3) is 0 Å². The van der Waals surface area contributed by atoms with Crippen LogP contribution in [0.3, 0.4) is 0 Å². The van der Waals surface area contributed by atoms with E-state index in [-0.39, 0.29) is 5.78 Å². The van der Waals surface area contributed by atoms with Crippen molar-refractivity contribution in [3.8, 4) is 22.5 Å². The zero-order valence-electron chi connectivity index (χ0n) is 15.9. The van der Waals surface area contributed by atoms with Gasteiger partial charge in [0.2, 0.25) is 10.0 Å². The smallest absolute Gasteiger partial charge is 0.229 e. The first kappa shape index (κ1) is 18.9. The van der Waals surface area contributed by atoms with Crippen LogP contribution in [-0.4, -0.2) is 30.4 Å². The van der Waals surface area contributed by atoms with Crippen LogP contribution in [0.2, 0.25) is 0 Å². The quantitative estimate of drug-likeness (QED) is 0.479. The molecule has 0 bridgehead atoms. The molecule has 29 heavy (non-hydrogen) atoms. The molecule has 0 aliphatic rings. The highest BCUT2D eigenvalue weighted by Gasteiger charge is 2.11. The van der Waals surface area contributed by atoms with E-state index in [1.807, 2.05) is 42.5 Å². The largest absolute Gasteiger partial charge is 0.338 e. The third kappa shape index (κ3) is 4.05. The summed E-state index contributed by atoms with van der Waals surface area (Å²) in [5.41, 5.74) is 5.50. The molecule has 0 radical (unpaired) electrons. The van der Waals surface area contributed by atoms with Crippen LogP contribution in [0.4, 0.5) is 5.69 Å². The van der Waals surface area contributed by atoms with Crippen LogP contribution in [0.1, 0.15) is 17.3 Å². The molecule has 0 atom stereocenters. The number of hydrogen-bond acceptors (Lipinski definition) is 4. The summed E-state index contributed by atoms with van der Waals surface area (Å²) in [7, 11) is -3.31. The van der Waals surface area contributed by atoms with Gasteiger partial charge in [-0.2, -0.15) is 0 Å². The Bertz CT molecular complexity index is 1320. The van der Waals surface area contributed by atoms with Crippen molar-refractivity contribution in [2.45, 2.75) is 6.92 Å². The highest BCUT2D eigenvalue weighted by molar-refractivity contribution is 7.92. The maximum absolute atomic E-state index is 11.9. The SMILES string of the molecule is CC(=O)c1ccccc1-c1ccc2nc(-c3ccc(NS(C)(=O)=O)cc3)[nH]c2c1. The summed E-state index contributed by atoms with van der Waals surface area (Å²) in [5.74, 6) is 0.705. The van der Waals surface area contributed by atoms with E-state index in [1.54, 1.807) is 31.2 Å². The molecule has 0 spiro atoms. The van der Waals surface area contributed by atoms with Crippen molar-refractivity contribution in [1.82, 2.24) is 9.97 Å². The topological polar surface area (TPSA) is 91.9 Å². The second kappa shape index (κ2) is 7.18. The minimum Gasteiger partial charge on any atom is -0.338 e. The lowest BCUT2D eigenvalue weighted by Gasteiger charge is -2.06. The van der Waals surface area contributed by atoms with Gasteiger partial charge in [0.05, 0.1) is 17.3 Å². The average molecular weight is 405 g/mol. The normalized spacial score (nSPS) is 11.5. The number of rotatable bonds is 5. The fourth-order valence-electron chi connectivity index (χ4n) is 3.27. The zero-order valence-corrected chi connectivity index (χ0v) is 16.7.